The average Bonchev–Trinajstić information content (AvgIpc) is 2.68. The van der Waals surface area contributed by atoms with E-state index in [2.05, 4.69) is 5.32 Å². The summed E-state index contributed by atoms with van der Waals surface area (Å²) in [5.74, 6) is 0.770. The molecule has 1 atom stereocenters. The number of amides is 2. The van der Waals surface area contributed by atoms with Crippen LogP contribution in [0.5, 0.6) is 5.75 Å². The third kappa shape index (κ3) is 5.09. The fourth-order valence-electron chi connectivity index (χ4n) is 3.19. The first kappa shape index (κ1) is 20.5. The van der Waals surface area contributed by atoms with Crippen molar-refractivity contribution in [3.05, 3.63) is 29.8 Å². The minimum atomic E-state index is -0.0200. The molecule has 1 aromatic carbocycles. The first-order valence-electron chi connectivity index (χ1n) is 8.69. The second-order valence-electron chi connectivity index (χ2n) is 6.34. The fourth-order valence-corrected chi connectivity index (χ4v) is 3.19. The van der Waals surface area contributed by atoms with Crippen LogP contribution in [-0.2, 0) is 9.53 Å². The van der Waals surface area contributed by atoms with Crippen molar-refractivity contribution in [3.8, 4) is 5.75 Å². The molecule has 1 aromatic rings. The number of nitrogens with one attached hydrogen (secondary N) is 1. The van der Waals surface area contributed by atoms with Crippen molar-refractivity contribution in [2.24, 2.45) is 0 Å². The molecule has 1 unspecified atom stereocenters. The molecule has 0 aromatic heterocycles. The first-order valence-corrected chi connectivity index (χ1v) is 8.69. The summed E-state index contributed by atoms with van der Waals surface area (Å²) < 4.78 is 10.6. The summed E-state index contributed by atoms with van der Waals surface area (Å²) >= 11 is 0. The molecule has 2 saturated heterocycles. The summed E-state index contributed by atoms with van der Waals surface area (Å²) in [6.45, 7) is 4.33. The van der Waals surface area contributed by atoms with E-state index < -0.39 is 0 Å². The van der Waals surface area contributed by atoms with Gasteiger partial charge in [-0.3, -0.25) is 9.59 Å². The number of halogens is 1. The third-order valence-electron chi connectivity index (χ3n) is 4.66. The van der Waals surface area contributed by atoms with Crippen LogP contribution >= 0.6 is 12.4 Å². The topological polar surface area (TPSA) is 71.1 Å². The van der Waals surface area contributed by atoms with E-state index >= 15 is 0 Å². The third-order valence-corrected chi connectivity index (χ3v) is 4.66. The fraction of sp³-hybridized carbons (Fsp3) is 0.556. The molecule has 0 saturated carbocycles. The molecule has 2 amide bonds. The van der Waals surface area contributed by atoms with Gasteiger partial charge in [-0.15, -0.1) is 12.4 Å². The quantitative estimate of drug-likeness (QED) is 0.832. The van der Waals surface area contributed by atoms with E-state index in [0.29, 0.717) is 57.1 Å². The zero-order valence-corrected chi connectivity index (χ0v) is 15.8. The summed E-state index contributed by atoms with van der Waals surface area (Å²) in [6, 6.07) is 7.26. The molecule has 26 heavy (non-hydrogen) atoms. The minimum Gasteiger partial charge on any atom is -0.497 e. The molecule has 0 radical (unpaired) electrons. The Labute approximate surface area is 160 Å². The number of carbonyl (C=O) groups is 2. The Bertz CT molecular complexity index is 614. The van der Waals surface area contributed by atoms with Gasteiger partial charge in [-0.05, 0) is 18.2 Å². The number of rotatable bonds is 4. The average molecular weight is 384 g/mol. The largest absolute Gasteiger partial charge is 0.497 e. The van der Waals surface area contributed by atoms with E-state index in [-0.39, 0.29) is 30.3 Å². The van der Waals surface area contributed by atoms with Gasteiger partial charge < -0.3 is 24.6 Å². The predicted octanol–water partition coefficient (Wildman–Crippen LogP) is 0.780. The second-order valence-corrected chi connectivity index (χ2v) is 6.34. The Morgan fingerprint density at radius 1 is 1.23 bits per heavy atom. The van der Waals surface area contributed by atoms with Gasteiger partial charge in [0.2, 0.25) is 5.91 Å². The first-order chi connectivity index (χ1) is 12.2. The summed E-state index contributed by atoms with van der Waals surface area (Å²) in [7, 11) is 1.58. The summed E-state index contributed by atoms with van der Waals surface area (Å²) in [4.78, 5) is 28.6. The SMILES string of the molecule is COc1cccc(C(=O)N2CCN(C(=O)CC3COCCN3)CC2)c1.Cl. The van der Waals surface area contributed by atoms with Crippen LogP contribution in [0.1, 0.15) is 16.8 Å². The molecular formula is C18H26ClN3O4. The van der Waals surface area contributed by atoms with Crippen LogP contribution in [-0.4, -0.2) is 80.7 Å². The highest BCUT2D eigenvalue weighted by atomic mass is 35.5. The van der Waals surface area contributed by atoms with Crippen LogP contribution in [0.4, 0.5) is 0 Å². The molecule has 144 valence electrons. The molecule has 8 heteroatoms. The van der Waals surface area contributed by atoms with Crippen molar-refractivity contribution >= 4 is 24.2 Å². The van der Waals surface area contributed by atoms with Crippen molar-refractivity contribution in [1.82, 2.24) is 15.1 Å². The maximum absolute atomic E-state index is 12.6. The van der Waals surface area contributed by atoms with Crippen molar-refractivity contribution in [2.75, 3.05) is 53.0 Å². The molecule has 3 rings (SSSR count). The maximum Gasteiger partial charge on any atom is 0.254 e. The van der Waals surface area contributed by atoms with Crippen LogP contribution in [0.15, 0.2) is 24.3 Å². The molecule has 0 spiro atoms. The van der Waals surface area contributed by atoms with Gasteiger partial charge in [0.15, 0.2) is 0 Å². The molecular weight excluding hydrogens is 358 g/mol. The standard InChI is InChI=1S/C18H25N3O4.ClH/c1-24-16-4-2-3-14(11-16)18(23)21-8-6-20(7-9-21)17(22)12-15-13-25-10-5-19-15;/h2-4,11,15,19H,5-10,12-13H2,1H3;1H. The highest BCUT2D eigenvalue weighted by Gasteiger charge is 2.27. The molecule has 2 aliphatic rings. The number of morpholine rings is 1. The smallest absolute Gasteiger partial charge is 0.254 e. The van der Waals surface area contributed by atoms with E-state index in [1.807, 2.05) is 17.0 Å². The van der Waals surface area contributed by atoms with E-state index in [9.17, 15) is 9.59 Å². The van der Waals surface area contributed by atoms with Gasteiger partial charge in [0, 0.05) is 50.7 Å². The maximum atomic E-state index is 12.6. The number of hydrogen-bond acceptors (Lipinski definition) is 5. The lowest BCUT2D eigenvalue weighted by atomic mass is 10.1. The van der Waals surface area contributed by atoms with E-state index in [1.54, 1.807) is 24.1 Å². The van der Waals surface area contributed by atoms with Gasteiger partial charge >= 0.3 is 0 Å². The Morgan fingerprint density at radius 3 is 2.62 bits per heavy atom. The molecule has 2 heterocycles. The normalized spacial score (nSPS) is 20.3. The molecule has 1 N–H and O–H groups in total. The van der Waals surface area contributed by atoms with Crippen molar-refractivity contribution in [3.63, 3.8) is 0 Å². The van der Waals surface area contributed by atoms with E-state index in [1.165, 1.54) is 0 Å². The van der Waals surface area contributed by atoms with Crippen LogP contribution in [0, 0.1) is 0 Å². The van der Waals surface area contributed by atoms with Crippen LogP contribution in [0.25, 0.3) is 0 Å². The molecule has 2 aliphatic heterocycles. The minimum absolute atomic E-state index is 0. The number of methoxy groups -OCH3 is 1. The molecule has 0 aliphatic carbocycles. The number of nitrogens with zero attached hydrogens (tertiary/aromatic N) is 2. The summed E-state index contributed by atoms with van der Waals surface area (Å²) in [5.41, 5.74) is 0.614. The Hall–Kier alpha value is -1.83. The van der Waals surface area contributed by atoms with Gasteiger partial charge in [-0.2, -0.15) is 0 Å². The second kappa shape index (κ2) is 9.75. The van der Waals surface area contributed by atoms with Crippen LogP contribution < -0.4 is 10.1 Å². The number of hydrogen-bond donors (Lipinski definition) is 1. The number of benzene rings is 1. The summed E-state index contributed by atoms with van der Waals surface area (Å²) in [5, 5.41) is 3.30. The van der Waals surface area contributed by atoms with E-state index in [4.69, 9.17) is 9.47 Å². The Balaban J connectivity index is 0.00000243. The van der Waals surface area contributed by atoms with Gasteiger partial charge in [-0.1, -0.05) is 6.07 Å². The lowest BCUT2D eigenvalue weighted by Gasteiger charge is -2.36. The lowest BCUT2D eigenvalue weighted by molar-refractivity contribution is -0.133. The van der Waals surface area contributed by atoms with Gasteiger partial charge in [0.25, 0.3) is 5.91 Å². The van der Waals surface area contributed by atoms with Crippen LogP contribution in [0.3, 0.4) is 0 Å². The van der Waals surface area contributed by atoms with Crippen molar-refractivity contribution in [1.29, 1.82) is 0 Å². The van der Waals surface area contributed by atoms with Gasteiger partial charge in [0.1, 0.15) is 5.75 Å². The number of ether oxygens (including phenoxy) is 2. The Morgan fingerprint density at radius 2 is 1.96 bits per heavy atom. The van der Waals surface area contributed by atoms with Crippen LogP contribution in [0.2, 0.25) is 0 Å². The number of piperazine rings is 1. The lowest BCUT2D eigenvalue weighted by Crippen LogP contribution is -2.52. The van der Waals surface area contributed by atoms with Crippen molar-refractivity contribution < 1.29 is 19.1 Å². The molecule has 2 fully saturated rings. The monoisotopic (exact) mass is 383 g/mol. The molecule has 7 nitrogen and oxygen atoms in total. The summed E-state index contributed by atoms with van der Waals surface area (Å²) in [6.07, 6.45) is 0.448. The van der Waals surface area contributed by atoms with Gasteiger partial charge in [0.05, 0.1) is 20.3 Å². The zero-order valence-electron chi connectivity index (χ0n) is 15.0. The highest BCUT2D eigenvalue weighted by molar-refractivity contribution is 5.94. The zero-order chi connectivity index (χ0) is 17.6. The number of carbonyl (C=O) groups excluding carboxylic acids is 2. The Kier molecular flexibility index (Phi) is 7.68. The highest BCUT2D eigenvalue weighted by Crippen LogP contribution is 2.16. The van der Waals surface area contributed by atoms with Gasteiger partial charge in [-0.25, -0.2) is 0 Å². The molecule has 0 bridgehead atoms. The van der Waals surface area contributed by atoms with E-state index in [0.717, 1.165) is 6.54 Å². The predicted molar refractivity (Wildman–Crippen MR) is 100.0 cm³/mol. The van der Waals surface area contributed by atoms with Crippen molar-refractivity contribution in [2.45, 2.75) is 12.5 Å².